The summed E-state index contributed by atoms with van der Waals surface area (Å²) in [7, 11) is 1.19. The smallest absolute Gasteiger partial charge is 0.357 e. The van der Waals surface area contributed by atoms with Crippen LogP contribution in [0.2, 0.25) is 0 Å². The number of nitrogens with zero attached hydrogens (tertiary/aromatic N) is 2. The summed E-state index contributed by atoms with van der Waals surface area (Å²) in [5.74, 6) is -1.90. The minimum absolute atomic E-state index is 0.00209. The van der Waals surface area contributed by atoms with Crippen LogP contribution in [0.15, 0.2) is 18.3 Å². The van der Waals surface area contributed by atoms with Crippen molar-refractivity contribution in [3.63, 3.8) is 0 Å². The van der Waals surface area contributed by atoms with Crippen molar-refractivity contribution in [2.75, 3.05) is 12.8 Å². The van der Waals surface area contributed by atoms with Crippen molar-refractivity contribution in [2.24, 2.45) is 0 Å². The van der Waals surface area contributed by atoms with Crippen LogP contribution in [0.5, 0.6) is 0 Å². The SMILES string of the molecule is COC(=O)c1c(N)c(C#N)cn1-c1c(C(=O)O)ccc(C)c1C. The first kappa shape index (κ1) is 16.1. The number of carbonyl (C=O) groups is 2. The summed E-state index contributed by atoms with van der Waals surface area (Å²) in [6, 6.07) is 5.01. The molecule has 0 spiro atoms. The number of benzene rings is 1. The minimum atomic E-state index is -1.15. The van der Waals surface area contributed by atoms with E-state index < -0.39 is 11.9 Å². The molecule has 0 bridgehead atoms. The Morgan fingerprint density at radius 1 is 1.35 bits per heavy atom. The predicted octanol–water partition coefficient (Wildman–Crippen LogP) is 2.03. The second-order valence-corrected chi connectivity index (χ2v) is 4.99. The molecule has 2 rings (SSSR count). The fraction of sp³-hybridized carbons (Fsp3) is 0.188. The van der Waals surface area contributed by atoms with Crippen molar-refractivity contribution in [1.82, 2.24) is 4.57 Å². The van der Waals surface area contributed by atoms with Gasteiger partial charge in [0.15, 0.2) is 5.69 Å². The number of rotatable bonds is 3. The molecule has 0 atom stereocenters. The van der Waals surface area contributed by atoms with Gasteiger partial charge in [0.2, 0.25) is 0 Å². The first-order chi connectivity index (χ1) is 10.8. The number of nitrogens with two attached hydrogens (primary N) is 1. The Morgan fingerprint density at radius 2 is 2.00 bits per heavy atom. The summed E-state index contributed by atoms with van der Waals surface area (Å²) in [6.45, 7) is 3.56. The van der Waals surface area contributed by atoms with E-state index in [0.717, 1.165) is 5.56 Å². The number of ether oxygens (including phenoxy) is 1. The van der Waals surface area contributed by atoms with Crippen molar-refractivity contribution in [1.29, 1.82) is 5.26 Å². The third kappa shape index (κ3) is 2.51. The zero-order valence-electron chi connectivity index (χ0n) is 12.9. The molecule has 0 aliphatic rings. The van der Waals surface area contributed by atoms with Crippen LogP contribution in [-0.2, 0) is 4.74 Å². The summed E-state index contributed by atoms with van der Waals surface area (Å²) in [4.78, 5) is 23.6. The molecular weight excluding hydrogens is 298 g/mol. The van der Waals surface area contributed by atoms with Gasteiger partial charge in [-0.1, -0.05) is 6.07 Å². The Bertz CT molecular complexity index is 859. The molecule has 1 aromatic carbocycles. The van der Waals surface area contributed by atoms with E-state index in [-0.39, 0.29) is 28.2 Å². The van der Waals surface area contributed by atoms with Crippen molar-refractivity contribution in [3.05, 3.63) is 46.3 Å². The van der Waals surface area contributed by atoms with Crippen LogP contribution in [0.1, 0.15) is 37.5 Å². The van der Waals surface area contributed by atoms with Gasteiger partial charge in [0, 0.05) is 6.20 Å². The number of aromatic nitrogens is 1. The second kappa shape index (κ2) is 5.85. The van der Waals surface area contributed by atoms with E-state index in [0.29, 0.717) is 5.56 Å². The van der Waals surface area contributed by atoms with Gasteiger partial charge in [-0.3, -0.25) is 0 Å². The lowest BCUT2D eigenvalue weighted by Gasteiger charge is -2.16. The summed E-state index contributed by atoms with van der Waals surface area (Å²) in [6.07, 6.45) is 1.34. The molecular formula is C16H15N3O4. The number of nitriles is 1. The van der Waals surface area contributed by atoms with Gasteiger partial charge in [0.05, 0.1) is 29.6 Å². The summed E-state index contributed by atoms with van der Waals surface area (Å²) >= 11 is 0. The predicted molar refractivity (Wildman–Crippen MR) is 82.7 cm³/mol. The van der Waals surface area contributed by atoms with E-state index in [1.165, 1.54) is 23.9 Å². The number of hydrogen-bond acceptors (Lipinski definition) is 5. The summed E-state index contributed by atoms with van der Waals surface area (Å²) in [5, 5.41) is 18.6. The van der Waals surface area contributed by atoms with Crippen LogP contribution >= 0.6 is 0 Å². The number of carboxylic acid groups (broad SMARTS) is 1. The Hall–Kier alpha value is -3.27. The number of aromatic carboxylic acids is 1. The van der Waals surface area contributed by atoms with E-state index in [1.54, 1.807) is 13.0 Å². The third-order valence-electron chi connectivity index (χ3n) is 3.72. The van der Waals surface area contributed by atoms with Crippen molar-refractivity contribution < 1.29 is 19.4 Å². The Kier molecular flexibility index (Phi) is 4.10. The van der Waals surface area contributed by atoms with Gasteiger partial charge in [0.25, 0.3) is 0 Å². The molecule has 7 heteroatoms. The molecule has 1 aromatic heterocycles. The fourth-order valence-electron chi connectivity index (χ4n) is 2.38. The van der Waals surface area contributed by atoms with Gasteiger partial charge >= 0.3 is 11.9 Å². The molecule has 3 N–H and O–H groups in total. The minimum Gasteiger partial charge on any atom is -0.478 e. The number of esters is 1. The van der Waals surface area contributed by atoms with Crippen LogP contribution < -0.4 is 5.73 Å². The highest BCUT2D eigenvalue weighted by Gasteiger charge is 2.25. The molecule has 0 radical (unpaired) electrons. The van der Waals surface area contributed by atoms with Crippen molar-refractivity contribution in [3.8, 4) is 11.8 Å². The van der Waals surface area contributed by atoms with Crippen LogP contribution in [0.4, 0.5) is 5.69 Å². The average molecular weight is 313 g/mol. The van der Waals surface area contributed by atoms with Crippen molar-refractivity contribution >= 4 is 17.6 Å². The number of methoxy groups -OCH3 is 1. The largest absolute Gasteiger partial charge is 0.478 e. The molecule has 0 unspecified atom stereocenters. The van der Waals surface area contributed by atoms with E-state index >= 15 is 0 Å². The number of anilines is 1. The summed E-state index contributed by atoms with van der Waals surface area (Å²) in [5.41, 5.74) is 7.59. The normalized spacial score (nSPS) is 10.2. The van der Waals surface area contributed by atoms with E-state index in [1.807, 2.05) is 13.0 Å². The van der Waals surface area contributed by atoms with E-state index in [9.17, 15) is 14.7 Å². The maximum absolute atomic E-state index is 12.1. The van der Waals surface area contributed by atoms with E-state index in [2.05, 4.69) is 0 Å². The molecule has 118 valence electrons. The van der Waals surface area contributed by atoms with Crippen LogP contribution in [0.25, 0.3) is 5.69 Å². The number of carbonyl (C=O) groups excluding carboxylic acids is 1. The highest BCUT2D eigenvalue weighted by molar-refractivity contribution is 5.98. The quantitative estimate of drug-likeness (QED) is 0.837. The fourth-order valence-corrected chi connectivity index (χ4v) is 2.38. The Morgan fingerprint density at radius 3 is 2.52 bits per heavy atom. The molecule has 0 fully saturated rings. The Balaban J connectivity index is 2.93. The number of carboxylic acids is 1. The lowest BCUT2D eigenvalue weighted by molar-refractivity contribution is 0.0590. The molecule has 7 nitrogen and oxygen atoms in total. The zero-order chi connectivity index (χ0) is 17.3. The number of nitrogen functional groups attached to an aromatic ring is 1. The standard InChI is InChI=1S/C16H15N3O4/c1-8-4-5-11(15(20)21)13(9(8)2)19-7-10(6-17)12(18)14(19)16(22)23-3/h4-5,7H,18H2,1-3H3,(H,20,21). The Labute approximate surface area is 132 Å². The zero-order valence-corrected chi connectivity index (χ0v) is 12.9. The number of aryl methyl sites for hydroxylation is 1. The molecule has 0 amide bonds. The van der Waals surface area contributed by atoms with E-state index in [4.69, 9.17) is 15.7 Å². The average Bonchev–Trinajstić information content (AvgIpc) is 2.85. The first-order valence-electron chi connectivity index (χ1n) is 6.66. The molecule has 2 aromatic rings. The molecule has 23 heavy (non-hydrogen) atoms. The lowest BCUT2D eigenvalue weighted by Crippen LogP contribution is -2.15. The van der Waals surface area contributed by atoms with Gasteiger partial charge in [-0.15, -0.1) is 0 Å². The molecule has 1 heterocycles. The van der Waals surface area contributed by atoms with Gasteiger partial charge < -0.3 is 20.1 Å². The summed E-state index contributed by atoms with van der Waals surface area (Å²) < 4.78 is 6.02. The first-order valence-corrected chi connectivity index (χ1v) is 6.66. The molecule has 0 aliphatic heterocycles. The van der Waals surface area contributed by atoms with Gasteiger partial charge in [-0.25, -0.2) is 9.59 Å². The topological polar surface area (TPSA) is 118 Å². The second-order valence-electron chi connectivity index (χ2n) is 4.99. The highest BCUT2D eigenvalue weighted by Crippen LogP contribution is 2.30. The molecule has 0 saturated carbocycles. The monoisotopic (exact) mass is 313 g/mol. The highest BCUT2D eigenvalue weighted by atomic mass is 16.5. The third-order valence-corrected chi connectivity index (χ3v) is 3.72. The lowest BCUT2D eigenvalue weighted by atomic mass is 10.0. The maximum atomic E-state index is 12.1. The van der Waals surface area contributed by atoms with Crippen LogP contribution in [0, 0.1) is 25.2 Å². The maximum Gasteiger partial charge on any atom is 0.357 e. The number of hydrogen-bond donors (Lipinski definition) is 2. The van der Waals surface area contributed by atoms with Crippen LogP contribution in [-0.4, -0.2) is 28.7 Å². The molecule has 0 saturated heterocycles. The molecule has 0 aliphatic carbocycles. The van der Waals surface area contributed by atoms with Gasteiger partial charge in [0.1, 0.15) is 6.07 Å². The van der Waals surface area contributed by atoms with Gasteiger partial charge in [-0.2, -0.15) is 5.26 Å². The van der Waals surface area contributed by atoms with Crippen LogP contribution in [0.3, 0.4) is 0 Å². The van der Waals surface area contributed by atoms with Gasteiger partial charge in [-0.05, 0) is 31.0 Å². The van der Waals surface area contributed by atoms with Crippen molar-refractivity contribution in [2.45, 2.75) is 13.8 Å².